The predicted octanol–water partition coefficient (Wildman–Crippen LogP) is 0.161. The Morgan fingerprint density at radius 2 is 2.18 bits per heavy atom. The molecule has 2 aliphatic heterocycles. The smallest absolute Gasteiger partial charge is 0.250 e. The molecule has 0 radical (unpaired) electrons. The third kappa shape index (κ3) is 1.62. The highest BCUT2D eigenvalue weighted by atomic mass is 16.1. The second kappa shape index (κ2) is 3.61. The van der Waals surface area contributed by atoms with Crippen molar-refractivity contribution in [3.8, 4) is 0 Å². The Bertz CT molecular complexity index is 521. The van der Waals surface area contributed by atoms with Gasteiger partial charge in [-0.05, 0) is 18.4 Å². The van der Waals surface area contributed by atoms with Gasteiger partial charge in [-0.3, -0.25) is 10.2 Å². The molecule has 2 atom stereocenters. The number of guanidine groups is 1. The molecule has 3 heterocycles. The Labute approximate surface area is 99.4 Å². The van der Waals surface area contributed by atoms with Crippen LogP contribution >= 0.6 is 0 Å². The number of piperidine rings is 1. The van der Waals surface area contributed by atoms with Crippen LogP contribution in [-0.4, -0.2) is 28.5 Å². The SMILES string of the molecule is N=C(N)N1C[C@H]2C[C@@H](C1)c1cccc(=O)n1C2. The van der Waals surface area contributed by atoms with E-state index in [0.717, 1.165) is 31.7 Å². The van der Waals surface area contributed by atoms with E-state index >= 15 is 0 Å². The molecule has 1 saturated heterocycles. The Morgan fingerprint density at radius 3 is 2.94 bits per heavy atom. The van der Waals surface area contributed by atoms with Crippen LogP contribution in [0.25, 0.3) is 0 Å². The monoisotopic (exact) mass is 232 g/mol. The summed E-state index contributed by atoms with van der Waals surface area (Å²) in [6.07, 6.45) is 1.10. The summed E-state index contributed by atoms with van der Waals surface area (Å²) in [6, 6.07) is 5.46. The molecule has 17 heavy (non-hydrogen) atoms. The minimum absolute atomic E-state index is 0.0912. The van der Waals surface area contributed by atoms with Gasteiger partial charge in [0.15, 0.2) is 5.96 Å². The first-order chi connectivity index (χ1) is 8.15. The first kappa shape index (κ1) is 10.4. The Morgan fingerprint density at radius 1 is 1.35 bits per heavy atom. The maximum atomic E-state index is 11.8. The van der Waals surface area contributed by atoms with Gasteiger partial charge >= 0.3 is 0 Å². The fourth-order valence-electron chi connectivity index (χ4n) is 3.09. The van der Waals surface area contributed by atoms with Crippen molar-refractivity contribution in [3.05, 3.63) is 34.2 Å². The summed E-state index contributed by atoms with van der Waals surface area (Å²) in [5.74, 6) is 0.914. The van der Waals surface area contributed by atoms with Crippen LogP contribution in [0.3, 0.4) is 0 Å². The van der Waals surface area contributed by atoms with E-state index in [0.29, 0.717) is 11.8 Å². The molecule has 0 aliphatic carbocycles. The van der Waals surface area contributed by atoms with Crippen molar-refractivity contribution in [3.63, 3.8) is 0 Å². The molecule has 1 aromatic rings. The van der Waals surface area contributed by atoms with Gasteiger partial charge < -0.3 is 15.2 Å². The number of nitrogens with zero attached hydrogens (tertiary/aromatic N) is 2. The van der Waals surface area contributed by atoms with Crippen LogP contribution in [-0.2, 0) is 6.54 Å². The number of pyridine rings is 1. The molecule has 2 bridgehead atoms. The zero-order valence-electron chi connectivity index (χ0n) is 9.60. The largest absolute Gasteiger partial charge is 0.370 e. The second-order valence-electron chi connectivity index (χ2n) is 4.99. The maximum Gasteiger partial charge on any atom is 0.250 e. The topological polar surface area (TPSA) is 75.1 Å². The van der Waals surface area contributed by atoms with Crippen molar-refractivity contribution in [1.82, 2.24) is 9.47 Å². The molecule has 5 nitrogen and oxygen atoms in total. The first-order valence-electron chi connectivity index (χ1n) is 5.94. The molecule has 0 amide bonds. The van der Waals surface area contributed by atoms with Crippen molar-refractivity contribution in [2.75, 3.05) is 13.1 Å². The standard InChI is InChI=1S/C12H16N4O/c13-12(14)15-5-8-4-9(7-15)10-2-1-3-11(17)16(10)6-8/h1-3,8-9H,4-7H2,(H3,13,14)/t8-,9+/m1/s1. The van der Waals surface area contributed by atoms with E-state index in [4.69, 9.17) is 11.1 Å². The van der Waals surface area contributed by atoms with Gasteiger partial charge in [0.1, 0.15) is 0 Å². The highest BCUT2D eigenvalue weighted by molar-refractivity contribution is 5.74. The average molecular weight is 232 g/mol. The first-order valence-corrected chi connectivity index (χ1v) is 5.94. The van der Waals surface area contributed by atoms with Crippen molar-refractivity contribution < 1.29 is 0 Å². The van der Waals surface area contributed by atoms with Crippen molar-refractivity contribution >= 4 is 5.96 Å². The number of nitrogens with two attached hydrogens (primary N) is 1. The summed E-state index contributed by atoms with van der Waals surface area (Å²) in [6.45, 7) is 2.32. The fourth-order valence-corrected chi connectivity index (χ4v) is 3.09. The second-order valence-corrected chi connectivity index (χ2v) is 4.99. The number of rotatable bonds is 0. The van der Waals surface area contributed by atoms with Crippen LogP contribution < -0.4 is 11.3 Å². The van der Waals surface area contributed by atoms with Gasteiger partial charge in [0.25, 0.3) is 5.56 Å². The third-order valence-electron chi connectivity index (χ3n) is 3.82. The minimum Gasteiger partial charge on any atom is -0.370 e. The molecule has 1 aromatic heterocycles. The highest BCUT2D eigenvalue weighted by Crippen LogP contribution is 2.34. The molecule has 0 saturated carbocycles. The van der Waals surface area contributed by atoms with Crippen LogP contribution in [0.15, 0.2) is 23.0 Å². The van der Waals surface area contributed by atoms with Crippen LogP contribution in [0, 0.1) is 11.3 Å². The molecule has 0 spiro atoms. The van der Waals surface area contributed by atoms with Gasteiger partial charge in [0.2, 0.25) is 0 Å². The zero-order chi connectivity index (χ0) is 12.0. The molecule has 0 aromatic carbocycles. The van der Waals surface area contributed by atoms with Crippen LogP contribution in [0.4, 0.5) is 0 Å². The number of likely N-dealkylation sites (tertiary alicyclic amines) is 1. The molecule has 3 rings (SSSR count). The highest BCUT2D eigenvalue weighted by Gasteiger charge is 2.34. The Hall–Kier alpha value is -1.78. The number of aromatic nitrogens is 1. The Kier molecular flexibility index (Phi) is 2.21. The van der Waals surface area contributed by atoms with E-state index in [9.17, 15) is 4.79 Å². The number of fused-ring (bicyclic) bond motifs is 4. The lowest BCUT2D eigenvalue weighted by Gasteiger charge is -2.42. The lowest BCUT2D eigenvalue weighted by molar-refractivity contribution is 0.176. The minimum atomic E-state index is 0.0912. The summed E-state index contributed by atoms with van der Waals surface area (Å²) in [5, 5.41) is 7.53. The van der Waals surface area contributed by atoms with Gasteiger partial charge in [0.05, 0.1) is 0 Å². The normalized spacial score (nSPS) is 26.5. The van der Waals surface area contributed by atoms with Crippen LogP contribution in [0.2, 0.25) is 0 Å². The zero-order valence-corrected chi connectivity index (χ0v) is 9.60. The molecule has 0 unspecified atom stereocenters. The quantitative estimate of drug-likeness (QED) is 0.494. The Balaban J connectivity index is 2.01. The predicted molar refractivity (Wildman–Crippen MR) is 65.0 cm³/mol. The van der Waals surface area contributed by atoms with E-state index in [1.54, 1.807) is 6.07 Å². The summed E-state index contributed by atoms with van der Waals surface area (Å²) in [5.41, 5.74) is 6.75. The lowest BCUT2D eigenvalue weighted by atomic mass is 9.83. The average Bonchev–Trinajstić information content (AvgIpc) is 2.30. The molecular formula is C12H16N4O. The number of hydrogen-bond donors (Lipinski definition) is 2. The van der Waals surface area contributed by atoms with Gasteiger partial charge in [-0.1, -0.05) is 6.07 Å². The number of nitrogens with one attached hydrogen (secondary N) is 1. The van der Waals surface area contributed by atoms with E-state index in [1.807, 2.05) is 21.6 Å². The molecule has 5 heteroatoms. The van der Waals surface area contributed by atoms with Crippen LogP contribution in [0.5, 0.6) is 0 Å². The van der Waals surface area contributed by atoms with Gasteiger partial charge in [-0.2, -0.15) is 0 Å². The molecular weight excluding hydrogens is 216 g/mol. The number of hydrogen-bond acceptors (Lipinski definition) is 2. The van der Waals surface area contributed by atoms with Crippen molar-refractivity contribution in [2.45, 2.75) is 18.9 Å². The fraction of sp³-hybridized carbons (Fsp3) is 0.500. The van der Waals surface area contributed by atoms with E-state index < -0.39 is 0 Å². The molecule has 3 N–H and O–H groups in total. The van der Waals surface area contributed by atoms with E-state index in [2.05, 4.69) is 0 Å². The summed E-state index contributed by atoms with van der Waals surface area (Å²) in [4.78, 5) is 13.7. The maximum absolute atomic E-state index is 11.8. The van der Waals surface area contributed by atoms with Gasteiger partial charge in [-0.15, -0.1) is 0 Å². The summed E-state index contributed by atoms with van der Waals surface area (Å²) in [7, 11) is 0. The van der Waals surface area contributed by atoms with Crippen molar-refractivity contribution in [1.29, 1.82) is 5.41 Å². The molecule has 2 aliphatic rings. The van der Waals surface area contributed by atoms with Gasteiger partial charge in [0, 0.05) is 37.3 Å². The summed E-state index contributed by atoms with van der Waals surface area (Å²) < 4.78 is 1.89. The van der Waals surface area contributed by atoms with E-state index in [1.165, 1.54) is 0 Å². The molecule has 90 valence electrons. The van der Waals surface area contributed by atoms with Crippen LogP contribution in [0.1, 0.15) is 18.0 Å². The van der Waals surface area contributed by atoms with E-state index in [-0.39, 0.29) is 11.5 Å². The van der Waals surface area contributed by atoms with Crippen molar-refractivity contribution in [2.24, 2.45) is 11.7 Å². The van der Waals surface area contributed by atoms with Gasteiger partial charge in [-0.25, -0.2) is 0 Å². The lowest BCUT2D eigenvalue weighted by Crippen LogP contribution is -2.50. The third-order valence-corrected chi connectivity index (χ3v) is 3.82. The molecule has 1 fully saturated rings. The summed E-state index contributed by atoms with van der Waals surface area (Å²) >= 11 is 0.